The minimum Gasteiger partial charge on any atom is -0.365 e. The number of piperidine rings is 1. The highest BCUT2D eigenvalue weighted by Crippen LogP contribution is 2.36. The molecule has 0 aromatic heterocycles. The lowest BCUT2D eigenvalue weighted by Gasteiger charge is -2.44. The Balaban J connectivity index is 2.39. The topological polar surface area (TPSA) is 63.5 Å². The lowest BCUT2D eigenvalue weighted by Crippen LogP contribution is -2.50. The van der Waals surface area contributed by atoms with E-state index in [1.165, 1.54) is 12.1 Å². The molecule has 1 heterocycles. The molecule has 6 heteroatoms. The number of ketones is 1. The first-order chi connectivity index (χ1) is 9.70. The van der Waals surface area contributed by atoms with Crippen LogP contribution in [0.5, 0.6) is 0 Å². The first kappa shape index (κ1) is 15.4. The molecule has 1 unspecified atom stereocenters. The Kier molecular flexibility index (Phi) is 3.98. The Morgan fingerprint density at radius 1 is 1.38 bits per heavy atom. The number of carbonyl (C=O) groups excluding carboxylic acids is 1. The smallest absolute Gasteiger partial charge is 0.272 e. The van der Waals surface area contributed by atoms with Crippen LogP contribution < -0.4 is 4.90 Å². The van der Waals surface area contributed by atoms with Crippen LogP contribution in [0.15, 0.2) is 18.2 Å². The number of benzene rings is 1. The van der Waals surface area contributed by atoms with Crippen LogP contribution in [0.3, 0.4) is 0 Å². The van der Waals surface area contributed by atoms with Crippen LogP contribution in [0.25, 0.3) is 0 Å². The van der Waals surface area contributed by atoms with Gasteiger partial charge in [-0.05, 0) is 11.5 Å². The molecular formula is C15H19FN2O3. The third-order valence-corrected chi connectivity index (χ3v) is 3.88. The average molecular weight is 294 g/mol. The van der Waals surface area contributed by atoms with Gasteiger partial charge in [0, 0.05) is 31.5 Å². The SMILES string of the molecule is CC(C)(C)C1CC(=O)CCN1c1ccc([N+](=O)[O-])cc1F. The predicted molar refractivity (Wildman–Crippen MR) is 77.9 cm³/mol. The summed E-state index contributed by atoms with van der Waals surface area (Å²) in [6, 6.07) is 3.55. The van der Waals surface area contributed by atoms with Gasteiger partial charge in [-0.15, -0.1) is 0 Å². The van der Waals surface area contributed by atoms with Crippen LogP contribution >= 0.6 is 0 Å². The molecule has 1 fully saturated rings. The van der Waals surface area contributed by atoms with Crippen LogP contribution in [0, 0.1) is 21.3 Å². The second-order valence-corrected chi connectivity index (χ2v) is 6.46. The number of anilines is 1. The van der Waals surface area contributed by atoms with Crippen molar-refractivity contribution < 1.29 is 14.1 Å². The second-order valence-electron chi connectivity index (χ2n) is 6.46. The van der Waals surface area contributed by atoms with E-state index in [2.05, 4.69) is 0 Å². The molecule has 1 aromatic carbocycles. The van der Waals surface area contributed by atoms with Crippen molar-refractivity contribution in [3.8, 4) is 0 Å². The van der Waals surface area contributed by atoms with Crippen molar-refractivity contribution in [1.29, 1.82) is 0 Å². The van der Waals surface area contributed by atoms with Gasteiger partial charge >= 0.3 is 0 Å². The van der Waals surface area contributed by atoms with Gasteiger partial charge in [-0.3, -0.25) is 14.9 Å². The molecule has 0 amide bonds. The van der Waals surface area contributed by atoms with Gasteiger partial charge in [0.2, 0.25) is 0 Å². The molecule has 1 saturated heterocycles. The Morgan fingerprint density at radius 3 is 2.57 bits per heavy atom. The summed E-state index contributed by atoms with van der Waals surface area (Å²) in [4.78, 5) is 23.6. The maximum absolute atomic E-state index is 14.2. The first-order valence-electron chi connectivity index (χ1n) is 6.92. The highest BCUT2D eigenvalue weighted by Gasteiger charge is 2.36. The molecule has 2 rings (SSSR count). The number of Topliss-reactive ketones (excluding diaryl/α,β-unsaturated/α-hetero) is 1. The van der Waals surface area contributed by atoms with Gasteiger partial charge in [0.15, 0.2) is 5.82 Å². The summed E-state index contributed by atoms with van der Waals surface area (Å²) in [7, 11) is 0. The lowest BCUT2D eigenvalue weighted by molar-refractivity contribution is -0.385. The zero-order valence-corrected chi connectivity index (χ0v) is 12.4. The highest BCUT2D eigenvalue weighted by molar-refractivity contribution is 5.82. The third kappa shape index (κ3) is 3.20. The molecule has 0 radical (unpaired) electrons. The molecule has 1 aliphatic rings. The number of carbonyl (C=O) groups is 1. The molecule has 114 valence electrons. The van der Waals surface area contributed by atoms with Crippen molar-refractivity contribution in [3.05, 3.63) is 34.1 Å². The van der Waals surface area contributed by atoms with Crippen LogP contribution in [-0.2, 0) is 4.79 Å². The molecule has 1 atom stereocenters. The fourth-order valence-electron chi connectivity index (χ4n) is 2.73. The summed E-state index contributed by atoms with van der Waals surface area (Å²) >= 11 is 0. The van der Waals surface area contributed by atoms with E-state index < -0.39 is 10.7 Å². The molecule has 1 aliphatic heterocycles. The van der Waals surface area contributed by atoms with Crippen molar-refractivity contribution >= 4 is 17.2 Å². The number of hydrogen-bond acceptors (Lipinski definition) is 4. The fraction of sp³-hybridized carbons (Fsp3) is 0.533. The number of hydrogen-bond donors (Lipinski definition) is 0. The van der Waals surface area contributed by atoms with Gasteiger partial charge in [-0.2, -0.15) is 0 Å². The van der Waals surface area contributed by atoms with Crippen molar-refractivity contribution in [3.63, 3.8) is 0 Å². The van der Waals surface area contributed by atoms with E-state index >= 15 is 0 Å². The Bertz CT molecular complexity index is 581. The number of non-ortho nitro benzene ring substituents is 1. The van der Waals surface area contributed by atoms with Crippen LogP contribution in [0.4, 0.5) is 15.8 Å². The normalized spacial score (nSPS) is 19.7. The summed E-state index contributed by atoms with van der Waals surface area (Å²) in [6.45, 7) is 6.46. The van der Waals surface area contributed by atoms with E-state index in [0.29, 0.717) is 25.1 Å². The number of halogens is 1. The average Bonchev–Trinajstić information content (AvgIpc) is 2.38. The molecule has 0 aliphatic carbocycles. The molecule has 21 heavy (non-hydrogen) atoms. The van der Waals surface area contributed by atoms with Crippen LogP contribution in [0.2, 0.25) is 0 Å². The molecule has 0 spiro atoms. The van der Waals surface area contributed by atoms with Crippen LogP contribution in [-0.4, -0.2) is 23.3 Å². The van der Waals surface area contributed by atoms with E-state index in [4.69, 9.17) is 0 Å². The van der Waals surface area contributed by atoms with Crippen molar-refractivity contribution in [1.82, 2.24) is 0 Å². The number of nitro groups is 1. The number of rotatable bonds is 2. The van der Waals surface area contributed by atoms with E-state index in [9.17, 15) is 19.3 Å². The number of nitro benzene ring substituents is 1. The van der Waals surface area contributed by atoms with E-state index in [1.54, 1.807) is 0 Å². The minimum atomic E-state index is -0.618. The van der Waals surface area contributed by atoms with Crippen LogP contribution in [0.1, 0.15) is 33.6 Å². The van der Waals surface area contributed by atoms with Crippen molar-refractivity contribution in [2.45, 2.75) is 39.7 Å². The standard InChI is InChI=1S/C15H19FN2O3/c1-15(2,3)14-9-11(19)6-7-17(14)13-5-4-10(18(20)21)8-12(13)16/h4-5,8,14H,6-7,9H2,1-3H3. The largest absolute Gasteiger partial charge is 0.365 e. The molecular weight excluding hydrogens is 275 g/mol. The summed E-state index contributed by atoms with van der Waals surface area (Å²) in [5, 5.41) is 10.7. The summed E-state index contributed by atoms with van der Waals surface area (Å²) < 4.78 is 14.2. The van der Waals surface area contributed by atoms with Gasteiger partial charge in [0.05, 0.1) is 16.7 Å². The van der Waals surface area contributed by atoms with Gasteiger partial charge in [0.25, 0.3) is 5.69 Å². The Labute approximate surface area is 122 Å². The minimum absolute atomic E-state index is 0.116. The zero-order valence-electron chi connectivity index (χ0n) is 12.4. The van der Waals surface area contributed by atoms with Gasteiger partial charge in [-0.25, -0.2) is 4.39 Å². The molecule has 5 nitrogen and oxygen atoms in total. The maximum Gasteiger partial charge on any atom is 0.272 e. The zero-order chi connectivity index (χ0) is 15.8. The molecule has 0 N–H and O–H groups in total. The predicted octanol–water partition coefficient (Wildman–Crippen LogP) is 3.32. The molecule has 0 saturated carbocycles. The first-order valence-corrected chi connectivity index (χ1v) is 6.92. The van der Waals surface area contributed by atoms with E-state index in [1.807, 2.05) is 25.7 Å². The maximum atomic E-state index is 14.2. The van der Waals surface area contributed by atoms with Gasteiger partial charge < -0.3 is 4.90 Å². The van der Waals surface area contributed by atoms with Gasteiger partial charge in [-0.1, -0.05) is 20.8 Å². The summed E-state index contributed by atoms with van der Waals surface area (Å²) in [5.41, 5.74) is -0.130. The molecule has 1 aromatic rings. The third-order valence-electron chi connectivity index (χ3n) is 3.88. The monoisotopic (exact) mass is 294 g/mol. The summed E-state index contributed by atoms with van der Waals surface area (Å²) in [5.74, 6) is -0.443. The quantitative estimate of drug-likeness (QED) is 0.620. The van der Waals surface area contributed by atoms with Crippen molar-refractivity contribution in [2.24, 2.45) is 5.41 Å². The van der Waals surface area contributed by atoms with E-state index in [0.717, 1.165) is 6.07 Å². The lowest BCUT2D eigenvalue weighted by atomic mass is 9.80. The Morgan fingerprint density at radius 2 is 2.05 bits per heavy atom. The van der Waals surface area contributed by atoms with E-state index in [-0.39, 0.29) is 22.9 Å². The van der Waals surface area contributed by atoms with Gasteiger partial charge in [0.1, 0.15) is 5.78 Å². The molecule has 0 bridgehead atoms. The van der Waals surface area contributed by atoms with Crippen molar-refractivity contribution in [2.75, 3.05) is 11.4 Å². The fourth-order valence-corrected chi connectivity index (χ4v) is 2.73. The second kappa shape index (κ2) is 5.42. The summed E-state index contributed by atoms with van der Waals surface area (Å²) in [6.07, 6.45) is 0.753. The Hall–Kier alpha value is -1.98. The highest BCUT2D eigenvalue weighted by atomic mass is 19.1. The number of nitrogens with zero attached hydrogens (tertiary/aromatic N) is 2.